The van der Waals surface area contributed by atoms with Gasteiger partial charge in [-0.15, -0.1) is 11.3 Å². The number of thiazole rings is 1. The van der Waals surface area contributed by atoms with Crippen molar-refractivity contribution in [1.29, 1.82) is 0 Å². The second-order valence-corrected chi connectivity index (χ2v) is 5.70. The molecule has 0 saturated heterocycles. The monoisotopic (exact) mass is 243 g/mol. The van der Waals surface area contributed by atoms with Crippen LogP contribution in [0.5, 0.6) is 0 Å². The molecule has 4 heteroatoms. The number of methoxy groups -OCH3 is 1. The number of hydrogen-bond donors (Lipinski definition) is 0. The van der Waals surface area contributed by atoms with E-state index in [9.17, 15) is 0 Å². The molecule has 0 aromatic carbocycles. The standard InChI is InChI=1S/C12H21NO2S/c1-6-15-10(12(2,3)4)11-13-9(7-14-5)8-16-11/h8,10H,6-7H2,1-5H3. The maximum absolute atomic E-state index is 5.79. The highest BCUT2D eigenvalue weighted by Gasteiger charge is 2.29. The molecule has 0 saturated carbocycles. The molecular formula is C12H21NO2S. The average molecular weight is 243 g/mol. The normalized spacial score (nSPS) is 14.1. The summed E-state index contributed by atoms with van der Waals surface area (Å²) in [5.74, 6) is 0. The van der Waals surface area contributed by atoms with Gasteiger partial charge in [0.1, 0.15) is 11.1 Å². The van der Waals surface area contributed by atoms with Crippen LogP contribution in [-0.2, 0) is 16.1 Å². The lowest BCUT2D eigenvalue weighted by molar-refractivity contribution is -0.0135. The minimum Gasteiger partial charge on any atom is -0.378 e. The van der Waals surface area contributed by atoms with Gasteiger partial charge in [-0.05, 0) is 12.3 Å². The molecular weight excluding hydrogens is 222 g/mol. The summed E-state index contributed by atoms with van der Waals surface area (Å²) >= 11 is 1.65. The maximum Gasteiger partial charge on any atom is 0.122 e. The Kier molecular flexibility index (Phi) is 4.89. The second kappa shape index (κ2) is 5.75. The molecule has 0 radical (unpaired) electrons. The van der Waals surface area contributed by atoms with Gasteiger partial charge in [-0.25, -0.2) is 4.98 Å². The molecule has 1 heterocycles. The van der Waals surface area contributed by atoms with Crippen LogP contribution < -0.4 is 0 Å². The summed E-state index contributed by atoms with van der Waals surface area (Å²) in [5, 5.41) is 3.08. The van der Waals surface area contributed by atoms with Gasteiger partial charge in [0.2, 0.25) is 0 Å². The minimum atomic E-state index is 0.0631. The van der Waals surface area contributed by atoms with E-state index in [4.69, 9.17) is 9.47 Å². The molecule has 1 aromatic heterocycles. The van der Waals surface area contributed by atoms with Crippen LogP contribution in [0.1, 0.15) is 44.5 Å². The fourth-order valence-corrected chi connectivity index (χ4v) is 2.61. The van der Waals surface area contributed by atoms with Crippen LogP contribution in [0.15, 0.2) is 5.38 Å². The quantitative estimate of drug-likeness (QED) is 0.794. The molecule has 0 aliphatic carbocycles. The summed E-state index contributed by atoms with van der Waals surface area (Å²) in [5.41, 5.74) is 1.05. The summed E-state index contributed by atoms with van der Waals surface area (Å²) in [6.45, 7) is 9.81. The maximum atomic E-state index is 5.79. The van der Waals surface area contributed by atoms with Crippen molar-refractivity contribution < 1.29 is 9.47 Å². The van der Waals surface area contributed by atoms with Gasteiger partial charge in [0.15, 0.2) is 0 Å². The average Bonchev–Trinajstić information content (AvgIpc) is 2.61. The third kappa shape index (κ3) is 3.54. The molecule has 92 valence electrons. The summed E-state index contributed by atoms with van der Waals surface area (Å²) in [7, 11) is 1.68. The van der Waals surface area contributed by atoms with Gasteiger partial charge in [-0.2, -0.15) is 0 Å². The van der Waals surface area contributed by atoms with Crippen LogP contribution in [-0.4, -0.2) is 18.7 Å². The zero-order valence-corrected chi connectivity index (χ0v) is 11.6. The van der Waals surface area contributed by atoms with E-state index >= 15 is 0 Å². The Balaban J connectivity index is 2.84. The molecule has 3 nitrogen and oxygen atoms in total. The molecule has 0 aliphatic rings. The van der Waals surface area contributed by atoms with Crippen molar-refractivity contribution in [2.75, 3.05) is 13.7 Å². The second-order valence-electron chi connectivity index (χ2n) is 4.81. The molecule has 0 amide bonds. The smallest absolute Gasteiger partial charge is 0.122 e. The molecule has 0 aliphatic heterocycles. The molecule has 1 unspecified atom stereocenters. The van der Waals surface area contributed by atoms with Crippen LogP contribution >= 0.6 is 11.3 Å². The first-order valence-corrected chi connectivity index (χ1v) is 6.41. The highest BCUT2D eigenvalue weighted by atomic mass is 32.1. The van der Waals surface area contributed by atoms with Crippen molar-refractivity contribution >= 4 is 11.3 Å². The fourth-order valence-electron chi connectivity index (χ4n) is 1.52. The van der Waals surface area contributed by atoms with E-state index in [1.165, 1.54) is 0 Å². The molecule has 1 rings (SSSR count). The molecule has 1 atom stereocenters. The fraction of sp³-hybridized carbons (Fsp3) is 0.750. The van der Waals surface area contributed by atoms with E-state index in [2.05, 4.69) is 25.8 Å². The van der Waals surface area contributed by atoms with Gasteiger partial charge >= 0.3 is 0 Å². The molecule has 1 aromatic rings. The van der Waals surface area contributed by atoms with Crippen LogP contribution in [0.25, 0.3) is 0 Å². The van der Waals surface area contributed by atoms with Gasteiger partial charge in [-0.1, -0.05) is 20.8 Å². The highest BCUT2D eigenvalue weighted by molar-refractivity contribution is 7.09. The number of aromatic nitrogens is 1. The highest BCUT2D eigenvalue weighted by Crippen LogP contribution is 2.37. The molecule has 0 bridgehead atoms. The van der Waals surface area contributed by atoms with Gasteiger partial charge in [0, 0.05) is 19.1 Å². The van der Waals surface area contributed by atoms with E-state index in [1.807, 2.05) is 12.3 Å². The van der Waals surface area contributed by atoms with Gasteiger partial charge in [0.25, 0.3) is 0 Å². The lowest BCUT2D eigenvalue weighted by Crippen LogP contribution is -2.21. The topological polar surface area (TPSA) is 31.4 Å². The van der Waals surface area contributed by atoms with E-state index in [1.54, 1.807) is 18.4 Å². The van der Waals surface area contributed by atoms with Crippen molar-refractivity contribution in [1.82, 2.24) is 4.98 Å². The Bertz CT molecular complexity index is 317. The van der Waals surface area contributed by atoms with E-state index in [0.29, 0.717) is 13.2 Å². The van der Waals surface area contributed by atoms with Crippen molar-refractivity contribution in [3.05, 3.63) is 16.1 Å². The van der Waals surface area contributed by atoms with E-state index < -0.39 is 0 Å². The first kappa shape index (κ1) is 13.6. The lowest BCUT2D eigenvalue weighted by atomic mass is 9.89. The Morgan fingerprint density at radius 2 is 2.12 bits per heavy atom. The SMILES string of the molecule is CCOC(c1nc(COC)cs1)C(C)(C)C. The third-order valence-corrected chi connectivity index (χ3v) is 3.14. The first-order chi connectivity index (χ1) is 7.49. The summed E-state index contributed by atoms with van der Waals surface area (Å²) in [6, 6.07) is 0. The molecule has 16 heavy (non-hydrogen) atoms. The Labute approximate surface area is 102 Å². The van der Waals surface area contributed by atoms with E-state index in [-0.39, 0.29) is 11.5 Å². The zero-order valence-electron chi connectivity index (χ0n) is 10.7. The van der Waals surface area contributed by atoms with Crippen LogP contribution in [0.4, 0.5) is 0 Å². The third-order valence-electron chi connectivity index (χ3n) is 2.21. The first-order valence-electron chi connectivity index (χ1n) is 5.54. The number of ether oxygens (including phenoxy) is 2. The van der Waals surface area contributed by atoms with Crippen molar-refractivity contribution in [2.45, 2.75) is 40.4 Å². The lowest BCUT2D eigenvalue weighted by Gasteiger charge is -2.28. The van der Waals surface area contributed by atoms with E-state index in [0.717, 1.165) is 10.7 Å². The predicted octanol–water partition coefficient (Wildman–Crippen LogP) is 3.41. The van der Waals surface area contributed by atoms with Gasteiger partial charge in [-0.3, -0.25) is 0 Å². The predicted molar refractivity (Wildman–Crippen MR) is 66.6 cm³/mol. The Hall–Kier alpha value is -0.450. The Morgan fingerprint density at radius 3 is 2.62 bits per heavy atom. The van der Waals surface area contributed by atoms with Crippen molar-refractivity contribution in [3.8, 4) is 0 Å². The zero-order chi connectivity index (χ0) is 12.2. The van der Waals surface area contributed by atoms with Gasteiger partial charge in [0.05, 0.1) is 12.3 Å². The number of nitrogens with zero attached hydrogens (tertiary/aromatic N) is 1. The summed E-state index contributed by atoms with van der Waals surface area (Å²) in [6.07, 6.45) is 0.0631. The molecule has 0 fully saturated rings. The molecule has 0 spiro atoms. The Morgan fingerprint density at radius 1 is 1.44 bits per heavy atom. The van der Waals surface area contributed by atoms with Gasteiger partial charge < -0.3 is 9.47 Å². The van der Waals surface area contributed by atoms with Crippen molar-refractivity contribution in [3.63, 3.8) is 0 Å². The summed E-state index contributed by atoms with van der Waals surface area (Å²) < 4.78 is 10.9. The summed E-state index contributed by atoms with van der Waals surface area (Å²) in [4.78, 5) is 4.55. The largest absolute Gasteiger partial charge is 0.378 e. The number of hydrogen-bond acceptors (Lipinski definition) is 4. The van der Waals surface area contributed by atoms with Crippen LogP contribution in [0.3, 0.4) is 0 Å². The van der Waals surface area contributed by atoms with Crippen LogP contribution in [0.2, 0.25) is 0 Å². The van der Waals surface area contributed by atoms with Crippen LogP contribution in [0, 0.1) is 5.41 Å². The minimum absolute atomic E-state index is 0.0631. The van der Waals surface area contributed by atoms with Crippen molar-refractivity contribution in [2.24, 2.45) is 5.41 Å². The number of rotatable bonds is 5. The molecule has 0 N–H and O–H groups in total.